The average molecular weight is 263 g/mol. The van der Waals surface area contributed by atoms with Crippen molar-refractivity contribution < 1.29 is 9.84 Å². The number of benzene rings is 1. The van der Waals surface area contributed by atoms with Gasteiger partial charge >= 0.3 is 0 Å². The number of aliphatic hydroxyl groups is 1. The van der Waals surface area contributed by atoms with Crippen LogP contribution in [0, 0.1) is 5.92 Å². The van der Waals surface area contributed by atoms with E-state index in [4.69, 9.17) is 9.84 Å². The van der Waals surface area contributed by atoms with Gasteiger partial charge in [0.15, 0.2) is 0 Å². The minimum atomic E-state index is 0.321. The third-order valence-electron chi connectivity index (χ3n) is 3.78. The van der Waals surface area contributed by atoms with E-state index in [1.807, 2.05) is 19.1 Å². The molecule has 1 fully saturated rings. The van der Waals surface area contributed by atoms with Crippen molar-refractivity contribution in [3.63, 3.8) is 0 Å². The number of nitrogens with zero attached hydrogens (tertiary/aromatic N) is 1. The van der Waals surface area contributed by atoms with Crippen LogP contribution < -0.4 is 4.74 Å². The van der Waals surface area contributed by atoms with Gasteiger partial charge < -0.3 is 9.84 Å². The molecule has 0 radical (unpaired) electrons. The Morgan fingerprint density at radius 3 is 2.79 bits per heavy atom. The van der Waals surface area contributed by atoms with Crippen molar-refractivity contribution in [2.75, 3.05) is 26.3 Å². The Morgan fingerprint density at radius 1 is 1.32 bits per heavy atom. The first-order chi connectivity index (χ1) is 9.31. The summed E-state index contributed by atoms with van der Waals surface area (Å²) in [6.45, 7) is 6.34. The van der Waals surface area contributed by atoms with Gasteiger partial charge in [-0.05, 0) is 56.3 Å². The Kier molecular flexibility index (Phi) is 5.67. The van der Waals surface area contributed by atoms with E-state index in [0.717, 1.165) is 25.3 Å². The molecule has 1 unspecified atom stereocenters. The van der Waals surface area contributed by atoms with Crippen molar-refractivity contribution in [3.05, 3.63) is 29.8 Å². The van der Waals surface area contributed by atoms with E-state index in [2.05, 4.69) is 17.0 Å². The summed E-state index contributed by atoms with van der Waals surface area (Å²) >= 11 is 0. The largest absolute Gasteiger partial charge is 0.494 e. The van der Waals surface area contributed by atoms with Gasteiger partial charge in [0, 0.05) is 19.7 Å². The van der Waals surface area contributed by atoms with Crippen LogP contribution in [-0.4, -0.2) is 36.3 Å². The number of hydrogen-bond acceptors (Lipinski definition) is 3. The lowest BCUT2D eigenvalue weighted by Gasteiger charge is -2.32. The molecule has 0 aliphatic carbocycles. The van der Waals surface area contributed by atoms with Gasteiger partial charge in [-0.3, -0.25) is 4.90 Å². The van der Waals surface area contributed by atoms with Crippen LogP contribution in [-0.2, 0) is 6.54 Å². The normalized spacial score (nSPS) is 20.4. The first-order valence-corrected chi connectivity index (χ1v) is 7.36. The van der Waals surface area contributed by atoms with Crippen molar-refractivity contribution >= 4 is 0 Å². The molecule has 3 nitrogen and oxygen atoms in total. The molecule has 0 amide bonds. The van der Waals surface area contributed by atoms with Crippen LogP contribution in [0.2, 0.25) is 0 Å². The van der Waals surface area contributed by atoms with Gasteiger partial charge in [0.1, 0.15) is 5.75 Å². The SMILES string of the molecule is CCOc1ccc(CN2CCCC(CCO)C2)cc1. The Hall–Kier alpha value is -1.06. The maximum atomic E-state index is 9.04. The molecule has 1 aliphatic heterocycles. The second-order valence-corrected chi connectivity index (χ2v) is 5.33. The minimum absolute atomic E-state index is 0.321. The second-order valence-electron chi connectivity index (χ2n) is 5.33. The lowest BCUT2D eigenvalue weighted by atomic mass is 9.95. The summed E-state index contributed by atoms with van der Waals surface area (Å²) in [4.78, 5) is 2.50. The Bertz CT molecular complexity index is 362. The molecule has 1 atom stereocenters. The summed E-state index contributed by atoms with van der Waals surface area (Å²) in [5.41, 5.74) is 1.34. The molecule has 19 heavy (non-hydrogen) atoms. The number of piperidine rings is 1. The van der Waals surface area contributed by atoms with Crippen molar-refractivity contribution in [2.45, 2.75) is 32.7 Å². The number of ether oxygens (including phenoxy) is 1. The zero-order valence-corrected chi connectivity index (χ0v) is 11.8. The summed E-state index contributed by atoms with van der Waals surface area (Å²) in [7, 11) is 0. The molecule has 106 valence electrons. The van der Waals surface area contributed by atoms with Crippen LogP contribution in [0.25, 0.3) is 0 Å². The van der Waals surface area contributed by atoms with Crippen LogP contribution in [0.3, 0.4) is 0 Å². The third-order valence-corrected chi connectivity index (χ3v) is 3.78. The van der Waals surface area contributed by atoms with Crippen LogP contribution in [0.1, 0.15) is 31.7 Å². The highest BCUT2D eigenvalue weighted by atomic mass is 16.5. The first kappa shape index (κ1) is 14.4. The monoisotopic (exact) mass is 263 g/mol. The van der Waals surface area contributed by atoms with Gasteiger partial charge in [-0.1, -0.05) is 12.1 Å². The van der Waals surface area contributed by atoms with E-state index in [-0.39, 0.29) is 0 Å². The Morgan fingerprint density at radius 2 is 2.11 bits per heavy atom. The van der Waals surface area contributed by atoms with Crippen molar-refractivity contribution in [2.24, 2.45) is 5.92 Å². The van der Waals surface area contributed by atoms with Crippen molar-refractivity contribution in [1.29, 1.82) is 0 Å². The lowest BCUT2D eigenvalue weighted by Crippen LogP contribution is -2.35. The second kappa shape index (κ2) is 7.51. The molecule has 1 aromatic rings. The highest BCUT2D eigenvalue weighted by Gasteiger charge is 2.19. The van der Waals surface area contributed by atoms with Crippen molar-refractivity contribution in [3.8, 4) is 5.75 Å². The molecule has 0 saturated carbocycles. The number of rotatable bonds is 6. The summed E-state index contributed by atoms with van der Waals surface area (Å²) < 4.78 is 5.46. The Balaban J connectivity index is 1.85. The number of aliphatic hydroxyl groups excluding tert-OH is 1. The molecule has 0 aromatic heterocycles. The van der Waals surface area contributed by atoms with Gasteiger partial charge in [-0.2, -0.15) is 0 Å². The van der Waals surface area contributed by atoms with Gasteiger partial charge in [-0.15, -0.1) is 0 Å². The molecule has 1 saturated heterocycles. The molecular formula is C16H25NO2. The van der Waals surface area contributed by atoms with Crippen LogP contribution in [0.5, 0.6) is 5.75 Å². The molecule has 0 bridgehead atoms. The maximum absolute atomic E-state index is 9.04. The molecule has 3 heteroatoms. The standard InChI is InChI=1S/C16H25NO2/c1-2-19-16-7-5-15(6-8-16)13-17-10-3-4-14(12-17)9-11-18/h5-8,14,18H,2-4,9-13H2,1H3. The maximum Gasteiger partial charge on any atom is 0.119 e. The molecule has 2 rings (SSSR count). The molecule has 1 heterocycles. The van der Waals surface area contributed by atoms with Gasteiger partial charge in [-0.25, -0.2) is 0 Å². The molecule has 0 spiro atoms. The summed E-state index contributed by atoms with van der Waals surface area (Å²) in [5, 5.41) is 9.04. The highest BCUT2D eigenvalue weighted by molar-refractivity contribution is 5.27. The smallest absolute Gasteiger partial charge is 0.119 e. The average Bonchev–Trinajstić information content (AvgIpc) is 2.42. The van der Waals surface area contributed by atoms with E-state index in [9.17, 15) is 0 Å². The fourth-order valence-corrected chi connectivity index (χ4v) is 2.83. The quantitative estimate of drug-likeness (QED) is 0.856. The summed E-state index contributed by atoms with van der Waals surface area (Å²) in [5.74, 6) is 1.62. The van der Waals surface area contributed by atoms with E-state index < -0.39 is 0 Å². The fraction of sp³-hybridized carbons (Fsp3) is 0.625. The highest BCUT2D eigenvalue weighted by Crippen LogP contribution is 2.21. The predicted octanol–water partition coefficient (Wildman–Crippen LogP) is 2.68. The van der Waals surface area contributed by atoms with Crippen LogP contribution >= 0.6 is 0 Å². The number of likely N-dealkylation sites (tertiary alicyclic amines) is 1. The molecular weight excluding hydrogens is 238 g/mol. The fourth-order valence-electron chi connectivity index (χ4n) is 2.83. The van der Waals surface area contributed by atoms with Gasteiger partial charge in [0.25, 0.3) is 0 Å². The minimum Gasteiger partial charge on any atom is -0.494 e. The Labute approximate surface area is 116 Å². The zero-order valence-electron chi connectivity index (χ0n) is 11.8. The zero-order chi connectivity index (χ0) is 13.5. The van der Waals surface area contributed by atoms with Gasteiger partial charge in [0.2, 0.25) is 0 Å². The third kappa shape index (κ3) is 4.51. The summed E-state index contributed by atoms with van der Waals surface area (Å²) in [6.07, 6.45) is 3.46. The van der Waals surface area contributed by atoms with E-state index in [1.165, 1.54) is 24.9 Å². The molecule has 1 aliphatic rings. The van der Waals surface area contributed by atoms with Crippen LogP contribution in [0.15, 0.2) is 24.3 Å². The van der Waals surface area contributed by atoms with E-state index in [0.29, 0.717) is 19.1 Å². The van der Waals surface area contributed by atoms with Gasteiger partial charge in [0.05, 0.1) is 6.61 Å². The van der Waals surface area contributed by atoms with Crippen LogP contribution in [0.4, 0.5) is 0 Å². The van der Waals surface area contributed by atoms with E-state index >= 15 is 0 Å². The topological polar surface area (TPSA) is 32.7 Å². The molecule has 1 N–H and O–H groups in total. The first-order valence-electron chi connectivity index (χ1n) is 7.36. The predicted molar refractivity (Wildman–Crippen MR) is 77.3 cm³/mol. The van der Waals surface area contributed by atoms with Crippen molar-refractivity contribution in [1.82, 2.24) is 4.90 Å². The molecule has 1 aromatic carbocycles. The lowest BCUT2D eigenvalue weighted by molar-refractivity contribution is 0.142. The van der Waals surface area contributed by atoms with E-state index in [1.54, 1.807) is 0 Å². The summed E-state index contributed by atoms with van der Waals surface area (Å²) in [6, 6.07) is 8.41. The number of hydrogen-bond donors (Lipinski definition) is 1.